The average molecular weight is 416 g/mol. The van der Waals surface area contributed by atoms with Crippen LogP contribution in [-0.2, 0) is 6.54 Å². The van der Waals surface area contributed by atoms with Gasteiger partial charge < -0.3 is 0 Å². The zero-order valence-electron chi connectivity index (χ0n) is 16.8. The van der Waals surface area contributed by atoms with Crippen molar-refractivity contribution < 1.29 is 9.18 Å². The third-order valence-corrected chi connectivity index (χ3v) is 4.95. The van der Waals surface area contributed by atoms with E-state index in [4.69, 9.17) is 5.26 Å². The second kappa shape index (κ2) is 7.84. The summed E-state index contributed by atoms with van der Waals surface area (Å²) < 4.78 is 15.5. The first-order chi connectivity index (χ1) is 14.9. The van der Waals surface area contributed by atoms with Crippen molar-refractivity contribution in [1.29, 1.82) is 5.26 Å². The monoisotopic (exact) mass is 416 g/mol. The Morgan fingerprint density at radius 2 is 1.97 bits per heavy atom. The lowest BCUT2D eigenvalue weighted by molar-refractivity contribution is 0.0979. The number of H-pyrrole nitrogens is 1. The van der Waals surface area contributed by atoms with Gasteiger partial charge in [0.05, 0.1) is 23.7 Å². The van der Waals surface area contributed by atoms with Crippen molar-refractivity contribution in [3.63, 3.8) is 0 Å². The molecule has 0 radical (unpaired) electrons. The number of benzene rings is 2. The first-order valence-corrected chi connectivity index (χ1v) is 9.40. The first-order valence-electron chi connectivity index (χ1n) is 9.40. The van der Waals surface area contributed by atoms with Crippen molar-refractivity contribution in [3.8, 4) is 6.07 Å². The fourth-order valence-corrected chi connectivity index (χ4v) is 3.16. The van der Waals surface area contributed by atoms with Crippen molar-refractivity contribution in [2.24, 2.45) is 0 Å². The highest BCUT2D eigenvalue weighted by Crippen LogP contribution is 2.19. The van der Waals surface area contributed by atoms with Crippen LogP contribution in [-0.4, -0.2) is 25.5 Å². The second-order valence-electron chi connectivity index (χ2n) is 6.99. The molecule has 0 aliphatic heterocycles. The van der Waals surface area contributed by atoms with E-state index in [-0.39, 0.29) is 29.4 Å². The van der Waals surface area contributed by atoms with E-state index in [0.29, 0.717) is 22.4 Å². The maximum absolute atomic E-state index is 14.4. The van der Waals surface area contributed by atoms with Crippen molar-refractivity contribution >= 4 is 17.6 Å². The molecule has 2 aromatic carbocycles. The van der Waals surface area contributed by atoms with Crippen LogP contribution in [0.1, 0.15) is 32.7 Å². The zero-order valence-corrected chi connectivity index (χ0v) is 16.8. The van der Waals surface area contributed by atoms with Crippen LogP contribution < -0.4 is 10.5 Å². The Morgan fingerprint density at radius 1 is 1.19 bits per heavy atom. The lowest BCUT2D eigenvalue weighted by atomic mass is 10.1. The summed E-state index contributed by atoms with van der Waals surface area (Å²) in [6.45, 7) is 3.34. The molecule has 0 spiro atoms. The molecule has 0 saturated carbocycles. The zero-order chi connectivity index (χ0) is 22.1. The van der Waals surface area contributed by atoms with Gasteiger partial charge in [0.1, 0.15) is 5.82 Å². The van der Waals surface area contributed by atoms with Gasteiger partial charge in [0.2, 0.25) is 5.95 Å². The predicted molar refractivity (Wildman–Crippen MR) is 111 cm³/mol. The van der Waals surface area contributed by atoms with Gasteiger partial charge in [-0.15, -0.1) is 0 Å². The summed E-state index contributed by atoms with van der Waals surface area (Å²) in [4.78, 5) is 35.7. The Balaban J connectivity index is 1.86. The van der Waals surface area contributed by atoms with Crippen molar-refractivity contribution in [2.75, 3.05) is 4.90 Å². The summed E-state index contributed by atoms with van der Waals surface area (Å²) in [6, 6.07) is 14.4. The lowest BCUT2D eigenvalue weighted by Gasteiger charge is -2.20. The van der Waals surface area contributed by atoms with Crippen LogP contribution in [0.3, 0.4) is 0 Å². The van der Waals surface area contributed by atoms with E-state index in [1.54, 1.807) is 44.2 Å². The van der Waals surface area contributed by atoms with Crippen LogP contribution in [0.15, 0.2) is 53.3 Å². The summed E-state index contributed by atoms with van der Waals surface area (Å²) in [5.74, 6) is -1.20. The maximum atomic E-state index is 14.4. The van der Waals surface area contributed by atoms with Crippen LogP contribution in [0.25, 0.3) is 5.78 Å². The maximum Gasteiger partial charge on any atom is 0.277 e. The van der Waals surface area contributed by atoms with Gasteiger partial charge in [0.15, 0.2) is 0 Å². The number of carbonyl (C=O) groups excluding carboxylic acids is 1. The number of rotatable bonds is 4. The van der Waals surface area contributed by atoms with Gasteiger partial charge in [-0.3, -0.25) is 19.6 Å². The molecule has 31 heavy (non-hydrogen) atoms. The number of hydrogen-bond donors (Lipinski definition) is 1. The first kappa shape index (κ1) is 20.0. The Hall–Kier alpha value is -4.32. The molecule has 0 saturated heterocycles. The molecule has 4 aromatic rings. The quantitative estimate of drug-likeness (QED) is 0.550. The highest BCUT2D eigenvalue weighted by Gasteiger charge is 2.25. The van der Waals surface area contributed by atoms with Gasteiger partial charge in [0, 0.05) is 11.3 Å². The molecule has 0 atom stereocenters. The number of aromatic amines is 1. The Bertz CT molecular complexity index is 1420. The number of aryl methyl sites for hydroxylation is 1. The number of amides is 1. The molecule has 0 fully saturated rings. The van der Waals surface area contributed by atoms with Gasteiger partial charge in [-0.1, -0.05) is 24.3 Å². The number of hydrogen-bond acceptors (Lipinski definition) is 5. The smallest absolute Gasteiger partial charge is 0.272 e. The number of aromatic nitrogens is 4. The summed E-state index contributed by atoms with van der Waals surface area (Å²) >= 11 is 0. The Labute approximate surface area is 176 Å². The van der Waals surface area contributed by atoms with E-state index in [1.165, 1.54) is 23.1 Å². The molecule has 1 amide bonds. The minimum absolute atomic E-state index is 0.00474. The number of halogens is 1. The highest BCUT2D eigenvalue weighted by atomic mass is 19.1. The van der Waals surface area contributed by atoms with Crippen LogP contribution in [0.4, 0.5) is 10.3 Å². The third-order valence-electron chi connectivity index (χ3n) is 4.95. The molecule has 0 aliphatic carbocycles. The molecule has 1 N–H and O–H groups in total. The SMILES string of the molecule is Cc1nc2nc(N(Cc3cccc(C#N)c3)C(=O)c3ccccc3F)[nH]n2c(=O)c1C. The minimum atomic E-state index is -0.679. The third kappa shape index (κ3) is 3.67. The molecule has 2 heterocycles. The number of anilines is 1. The number of carbonyl (C=O) groups is 1. The van der Waals surface area contributed by atoms with Crippen LogP contribution in [0, 0.1) is 31.0 Å². The minimum Gasteiger partial charge on any atom is -0.272 e. The Morgan fingerprint density at radius 3 is 2.71 bits per heavy atom. The second-order valence-corrected chi connectivity index (χ2v) is 6.99. The van der Waals surface area contributed by atoms with Gasteiger partial charge in [-0.2, -0.15) is 14.8 Å². The molecule has 0 unspecified atom stereocenters. The summed E-state index contributed by atoms with van der Waals surface area (Å²) in [5, 5.41) is 12.0. The van der Waals surface area contributed by atoms with Crippen molar-refractivity contribution in [2.45, 2.75) is 20.4 Å². The molecule has 0 bridgehead atoms. The van der Waals surface area contributed by atoms with Crippen LogP contribution >= 0.6 is 0 Å². The fourth-order valence-electron chi connectivity index (χ4n) is 3.16. The van der Waals surface area contributed by atoms with Gasteiger partial charge >= 0.3 is 0 Å². The summed E-state index contributed by atoms with van der Waals surface area (Å²) in [7, 11) is 0. The van der Waals surface area contributed by atoms with E-state index in [9.17, 15) is 14.0 Å². The number of nitrogens with one attached hydrogen (secondary N) is 1. The van der Waals surface area contributed by atoms with Gasteiger partial charge in [-0.25, -0.2) is 9.37 Å². The normalized spacial score (nSPS) is 10.8. The molecular weight excluding hydrogens is 399 g/mol. The topological polar surface area (TPSA) is 107 Å². The van der Waals surface area contributed by atoms with Gasteiger partial charge in [0.25, 0.3) is 17.2 Å². The molecular formula is C22H17FN6O2. The number of nitrogens with zero attached hydrogens (tertiary/aromatic N) is 5. The molecule has 8 nitrogen and oxygen atoms in total. The van der Waals surface area contributed by atoms with Crippen molar-refractivity contribution in [1.82, 2.24) is 19.6 Å². The van der Waals surface area contributed by atoms with E-state index < -0.39 is 11.7 Å². The molecule has 9 heteroatoms. The average Bonchev–Trinajstić information content (AvgIpc) is 3.19. The largest absolute Gasteiger partial charge is 0.277 e. The van der Waals surface area contributed by atoms with E-state index in [1.807, 2.05) is 6.07 Å². The summed E-state index contributed by atoms with van der Waals surface area (Å²) in [6.07, 6.45) is 0. The number of fused-ring (bicyclic) bond motifs is 1. The van der Waals surface area contributed by atoms with Crippen molar-refractivity contribution in [3.05, 3.63) is 92.6 Å². The van der Waals surface area contributed by atoms with E-state index >= 15 is 0 Å². The number of nitriles is 1. The van der Waals surface area contributed by atoms with Crippen LogP contribution in [0.5, 0.6) is 0 Å². The molecule has 2 aromatic heterocycles. The molecule has 4 rings (SSSR count). The molecule has 0 aliphatic rings. The van der Waals surface area contributed by atoms with E-state index in [0.717, 1.165) is 4.52 Å². The summed E-state index contributed by atoms with van der Waals surface area (Å²) in [5.41, 5.74) is 1.54. The van der Waals surface area contributed by atoms with Gasteiger partial charge in [-0.05, 0) is 43.7 Å². The van der Waals surface area contributed by atoms with Crippen LogP contribution in [0.2, 0.25) is 0 Å². The standard InChI is InChI=1S/C22H17FN6O2/c1-13-14(2)25-21-26-22(27-29(21)19(13)30)28(12-16-7-5-6-15(10-16)11-24)20(31)17-8-3-4-9-18(17)23/h3-10H,12H2,1-2H3,(H,25,26,27). The molecule has 154 valence electrons. The predicted octanol–water partition coefficient (Wildman–Crippen LogP) is 2.89. The Kier molecular flexibility index (Phi) is 5.05. The van der Waals surface area contributed by atoms with E-state index in [2.05, 4.69) is 15.1 Å². The lowest BCUT2D eigenvalue weighted by Crippen LogP contribution is -2.32. The highest BCUT2D eigenvalue weighted by molar-refractivity contribution is 6.05. The fraction of sp³-hybridized carbons (Fsp3) is 0.136.